The first-order valence-electron chi connectivity index (χ1n) is 5.61. The molecule has 1 unspecified atom stereocenters. The first-order chi connectivity index (χ1) is 7.50. The summed E-state index contributed by atoms with van der Waals surface area (Å²) >= 11 is 5.98. The van der Waals surface area contributed by atoms with Crippen LogP contribution >= 0.6 is 11.6 Å². The third-order valence-electron chi connectivity index (χ3n) is 3.13. The first kappa shape index (κ1) is 13.5. The van der Waals surface area contributed by atoms with Gasteiger partial charge in [0, 0.05) is 6.54 Å². The zero-order valence-corrected chi connectivity index (χ0v) is 10.7. The van der Waals surface area contributed by atoms with Gasteiger partial charge in [-0.2, -0.15) is 5.10 Å². The van der Waals surface area contributed by atoms with E-state index >= 15 is 0 Å². The molecule has 0 amide bonds. The maximum absolute atomic E-state index is 10.3. The summed E-state index contributed by atoms with van der Waals surface area (Å²) < 4.78 is 1.61. The highest BCUT2D eigenvalue weighted by Gasteiger charge is 2.36. The van der Waals surface area contributed by atoms with E-state index in [4.69, 9.17) is 11.6 Å². The fourth-order valence-electron chi connectivity index (χ4n) is 1.79. The highest BCUT2D eigenvalue weighted by Crippen LogP contribution is 2.35. The van der Waals surface area contributed by atoms with Crippen LogP contribution in [0.3, 0.4) is 0 Å². The Hall–Kier alpha value is -0.580. The van der Waals surface area contributed by atoms with E-state index in [1.54, 1.807) is 4.68 Å². The lowest BCUT2D eigenvalue weighted by Gasteiger charge is -2.31. The van der Waals surface area contributed by atoms with E-state index in [-0.39, 0.29) is 0 Å². The highest BCUT2D eigenvalue weighted by atomic mass is 35.5. The van der Waals surface area contributed by atoms with Gasteiger partial charge in [0.25, 0.3) is 0 Å². The highest BCUT2D eigenvalue weighted by molar-refractivity contribution is 6.31. The molecule has 92 valence electrons. The van der Waals surface area contributed by atoms with Crippen LogP contribution in [0.25, 0.3) is 0 Å². The van der Waals surface area contributed by atoms with Crippen LogP contribution in [-0.2, 0) is 6.54 Å². The van der Waals surface area contributed by atoms with Crippen molar-refractivity contribution in [3.63, 3.8) is 0 Å². The smallest absolute Gasteiger partial charge is 0.126 e. The molecule has 0 aliphatic heterocycles. The second-order valence-electron chi connectivity index (χ2n) is 3.91. The van der Waals surface area contributed by atoms with Gasteiger partial charge in [0.2, 0.25) is 0 Å². The molecule has 1 aromatic rings. The van der Waals surface area contributed by atoms with E-state index in [1.807, 2.05) is 20.8 Å². The van der Waals surface area contributed by atoms with Crippen molar-refractivity contribution in [3.8, 4) is 0 Å². The molecule has 0 aromatic carbocycles. The van der Waals surface area contributed by atoms with Gasteiger partial charge in [-0.25, -0.2) is 0 Å². The van der Waals surface area contributed by atoms with Crippen molar-refractivity contribution in [2.45, 2.75) is 51.9 Å². The molecule has 1 rings (SSSR count). The van der Waals surface area contributed by atoms with Crippen LogP contribution in [0.5, 0.6) is 0 Å². The number of nitrogens with zero attached hydrogens (tertiary/aromatic N) is 2. The van der Waals surface area contributed by atoms with E-state index in [0.717, 1.165) is 0 Å². The van der Waals surface area contributed by atoms with Gasteiger partial charge in [-0.3, -0.25) is 4.68 Å². The molecule has 0 aliphatic rings. The predicted molar refractivity (Wildman–Crippen MR) is 63.4 cm³/mol. The Kier molecular flexibility index (Phi) is 4.35. The summed E-state index contributed by atoms with van der Waals surface area (Å²) in [7, 11) is 0. The Morgan fingerprint density at radius 2 is 2.00 bits per heavy atom. The minimum Gasteiger partial charge on any atom is -0.387 e. The lowest BCUT2D eigenvalue weighted by Crippen LogP contribution is -2.36. The summed E-state index contributed by atoms with van der Waals surface area (Å²) in [4.78, 5) is 0. The Balaban J connectivity index is 3.12. The maximum Gasteiger partial charge on any atom is 0.126 e. The Labute approximate surface area is 101 Å². The quantitative estimate of drug-likeness (QED) is 0.837. The molecule has 1 atom stereocenters. The number of aliphatic hydroxyl groups excluding tert-OH is 1. The van der Waals surface area contributed by atoms with Gasteiger partial charge < -0.3 is 10.2 Å². The van der Waals surface area contributed by atoms with E-state index in [2.05, 4.69) is 5.10 Å². The Morgan fingerprint density at radius 3 is 2.44 bits per heavy atom. The second-order valence-corrected chi connectivity index (χ2v) is 4.31. The van der Waals surface area contributed by atoms with Crippen LogP contribution < -0.4 is 0 Å². The van der Waals surface area contributed by atoms with Crippen LogP contribution in [-0.4, -0.2) is 25.6 Å². The van der Waals surface area contributed by atoms with Gasteiger partial charge in [-0.05, 0) is 19.8 Å². The SMILES string of the molecule is CCn1ncc(Cl)c1C(O)C(O)(CC)CC. The van der Waals surface area contributed by atoms with Gasteiger partial charge in [0.15, 0.2) is 0 Å². The molecule has 0 fully saturated rings. The molecule has 0 bridgehead atoms. The van der Waals surface area contributed by atoms with Crippen LogP contribution in [0.15, 0.2) is 6.20 Å². The molecule has 0 aliphatic carbocycles. The summed E-state index contributed by atoms with van der Waals surface area (Å²) in [6.45, 7) is 6.21. The number of hydrogen-bond donors (Lipinski definition) is 2. The zero-order valence-electron chi connectivity index (χ0n) is 9.94. The summed E-state index contributed by atoms with van der Waals surface area (Å²) in [5.41, 5.74) is -0.647. The lowest BCUT2D eigenvalue weighted by molar-refractivity contribution is -0.0855. The summed E-state index contributed by atoms with van der Waals surface area (Å²) in [6, 6.07) is 0. The molecule has 0 saturated carbocycles. The van der Waals surface area contributed by atoms with Crippen molar-refractivity contribution in [3.05, 3.63) is 16.9 Å². The fraction of sp³-hybridized carbons (Fsp3) is 0.727. The van der Waals surface area contributed by atoms with E-state index in [1.165, 1.54) is 6.20 Å². The number of aromatic nitrogens is 2. The van der Waals surface area contributed by atoms with Gasteiger partial charge in [-0.1, -0.05) is 25.4 Å². The molecular weight excluding hydrogens is 228 g/mol. The average Bonchev–Trinajstić information content (AvgIpc) is 2.68. The third-order valence-corrected chi connectivity index (χ3v) is 3.42. The topological polar surface area (TPSA) is 58.3 Å². The number of aryl methyl sites for hydroxylation is 1. The Bertz CT molecular complexity index is 348. The Morgan fingerprint density at radius 1 is 1.44 bits per heavy atom. The molecule has 0 radical (unpaired) electrons. The summed E-state index contributed by atoms with van der Waals surface area (Å²) in [5.74, 6) is 0. The van der Waals surface area contributed by atoms with Crippen LogP contribution in [0.4, 0.5) is 0 Å². The van der Waals surface area contributed by atoms with Crippen molar-refractivity contribution >= 4 is 11.6 Å². The van der Waals surface area contributed by atoms with Crippen LogP contribution in [0.1, 0.15) is 45.4 Å². The largest absolute Gasteiger partial charge is 0.387 e. The number of hydrogen-bond acceptors (Lipinski definition) is 3. The molecule has 1 aromatic heterocycles. The van der Waals surface area contributed by atoms with E-state index < -0.39 is 11.7 Å². The van der Waals surface area contributed by atoms with E-state index in [9.17, 15) is 10.2 Å². The molecule has 0 spiro atoms. The monoisotopic (exact) mass is 246 g/mol. The minimum atomic E-state index is -1.14. The molecule has 16 heavy (non-hydrogen) atoms. The standard InChI is InChI=1S/C11H19ClN2O2/c1-4-11(16,5-2)10(15)9-8(12)7-13-14(9)6-3/h7,10,15-16H,4-6H2,1-3H3. The summed E-state index contributed by atoms with van der Waals surface area (Å²) in [6.07, 6.45) is 1.43. The van der Waals surface area contributed by atoms with Gasteiger partial charge >= 0.3 is 0 Å². The number of aliphatic hydroxyl groups is 2. The van der Waals surface area contributed by atoms with Gasteiger partial charge in [0.05, 0.1) is 22.5 Å². The average molecular weight is 247 g/mol. The van der Waals surface area contributed by atoms with Gasteiger partial charge in [-0.15, -0.1) is 0 Å². The normalized spacial score (nSPS) is 14.1. The fourth-order valence-corrected chi connectivity index (χ4v) is 2.03. The number of rotatable bonds is 5. The molecule has 4 nitrogen and oxygen atoms in total. The molecule has 5 heteroatoms. The van der Waals surface area contributed by atoms with E-state index in [0.29, 0.717) is 30.1 Å². The predicted octanol–water partition coefficient (Wildman–Crippen LogP) is 2.14. The van der Waals surface area contributed by atoms with Crippen LogP contribution in [0.2, 0.25) is 5.02 Å². The molecular formula is C11H19ClN2O2. The van der Waals surface area contributed by atoms with Crippen molar-refractivity contribution in [1.29, 1.82) is 0 Å². The zero-order chi connectivity index (χ0) is 12.3. The van der Waals surface area contributed by atoms with Crippen molar-refractivity contribution in [2.75, 3.05) is 0 Å². The maximum atomic E-state index is 10.3. The molecule has 2 N–H and O–H groups in total. The van der Waals surface area contributed by atoms with Crippen LogP contribution in [0, 0.1) is 0 Å². The summed E-state index contributed by atoms with van der Waals surface area (Å²) in [5, 5.41) is 24.9. The van der Waals surface area contributed by atoms with Gasteiger partial charge in [0.1, 0.15) is 6.10 Å². The second kappa shape index (κ2) is 5.17. The minimum absolute atomic E-state index is 0.398. The third kappa shape index (κ3) is 2.24. The van der Waals surface area contributed by atoms with Crippen molar-refractivity contribution in [2.24, 2.45) is 0 Å². The molecule has 1 heterocycles. The molecule has 0 saturated heterocycles. The first-order valence-corrected chi connectivity index (χ1v) is 5.99. The van der Waals surface area contributed by atoms with Crippen molar-refractivity contribution in [1.82, 2.24) is 9.78 Å². The number of halogens is 1. The lowest BCUT2D eigenvalue weighted by atomic mass is 9.89. The van der Waals surface area contributed by atoms with Crippen molar-refractivity contribution < 1.29 is 10.2 Å².